The van der Waals surface area contributed by atoms with E-state index in [1.54, 1.807) is 22.5 Å². The molecule has 2 aromatic carbocycles. The highest BCUT2D eigenvalue weighted by molar-refractivity contribution is 6.31. The van der Waals surface area contributed by atoms with E-state index in [0.29, 0.717) is 11.6 Å². The van der Waals surface area contributed by atoms with E-state index in [1.165, 1.54) is 6.33 Å². The quantitative estimate of drug-likeness (QED) is 0.436. The lowest BCUT2D eigenvalue weighted by molar-refractivity contribution is -0.133. The van der Waals surface area contributed by atoms with Gasteiger partial charge in [-0.15, -0.1) is 0 Å². The van der Waals surface area contributed by atoms with Crippen LogP contribution in [0.3, 0.4) is 0 Å². The third kappa shape index (κ3) is 4.98. The lowest BCUT2D eigenvalue weighted by Crippen LogP contribution is -2.64. The molecular formula is C28H30ClN5O4. The standard InChI is InChI=1S/C28H30ClN5O4/c1-3-38-21-12-8-18(9-13-21)14-30-25(35)23-24-26(36)34(20-10-11-20)28(2,16-33(24)17-32-23)27(37)31-15-19-6-4-5-7-22(19)29/h4-9,12-13,17,20H,3,10-11,14-16H2,1-2H3,(H,30,35)(H,31,37)/t28-/m0/s1. The van der Waals surface area contributed by atoms with Gasteiger partial charge in [-0.05, 0) is 56.0 Å². The fourth-order valence-corrected chi connectivity index (χ4v) is 5.07. The summed E-state index contributed by atoms with van der Waals surface area (Å²) in [6.07, 6.45) is 3.09. The van der Waals surface area contributed by atoms with E-state index < -0.39 is 11.4 Å². The number of hydrogen-bond donors (Lipinski definition) is 2. The summed E-state index contributed by atoms with van der Waals surface area (Å²) in [5.74, 6) is -0.324. The zero-order valence-electron chi connectivity index (χ0n) is 21.4. The van der Waals surface area contributed by atoms with Crippen molar-refractivity contribution in [2.75, 3.05) is 6.61 Å². The van der Waals surface area contributed by atoms with Gasteiger partial charge in [-0.1, -0.05) is 41.9 Å². The van der Waals surface area contributed by atoms with Crippen molar-refractivity contribution in [3.05, 3.63) is 82.4 Å². The van der Waals surface area contributed by atoms with Crippen molar-refractivity contribution in [2.45, 2.75) is 57.9 Å². The molecule has 2 heterocycles. The number of nitrogens with zero attached hydrogens (tertiary/aromatic N) is 3. The molecule has 1 aliphatic heterocycles. The first-order valence-corrected chi connectivity index (χ1v) is 13.1. The number of carbonyl (C=O) groups is 3. The molecule has 0 bridgehead atoms. The van der Waals surface area contributed by atoms with Crippen molar-refractivity contribution in [1.29, 1.82) is 0 Å². The highest BCUT2D eigenvalue weighted by Gasteiger charge is 2.53. The Morgan fingerprint density at radius 2 is 1.84 bits per heavy atom. The van der Waals surface area contributed by atoms with Crippen LogP contribution in [0.2, 0.25) is 5.02 Å². The van der Waals surface area contributed by atoms with Gasteiger partial charge in [0, 0.05) is 24.2 Å². The highest BCUT2D eigenvalue weighted by atomic mass is 35.5. The molecule has 5 rings (SSSR count). The largest absolute Gasteiger partial charge is 0.494 e. The van der Waals surface area contributed by atoms with Gasteiger partial charge in [0.2, 0.25) is 5.91 Å². The molecule has 10 heteroatoms. The molecule has 0 unspecified atom stereocenters. The van der Waals surface area contributed by atoms with E-state index in [0.717, 1.165) is 29.7 Å². The molecule has 2 aliphatic rings. The summed E-state index contributed by atoms with van der Waals surface area (Å²) in [6.45, 7) is 4.98. The number of hydrogen-bond acceptors (Lipinski definition) is 5. The van der Waals surface area contributed by atoms with Gasteiger partial charge in [-0.25, -0.2) is 4.98 Å². The fraction of sp³-hybridized carbons (Fsp3) is 0.357. The third-order valence-corrected chi connectivity index (χ3v) is 7.34. The Bertz CT molecular complexity index is 1370. The first-order chi connectivity index (χ1) is 18.3. The Morgan fingerprint density at radius 3 is 2.53 bits per heavy atom. The summed E-state index contributed by atoms with van der Waals surface area (Å²) in [7, 11) is 0. The first-order valence-electron chi connectivity index (χ1n) is 12.7. The lowest BCUT2D eigenvalue weighted by Gasteiger charge is -2.44. The van der Waals surface area contributed by atoms with Crippen LogP contribution in [0.1, 0.15) is 58.8 Å². The number of nitrogens with one attached hydrogen (secondary N) is 2. The number of rotatable bonds is 9. The van der Waals surface area contributed by atoms with Gasteiger partial charge in [-0.3, -0.25) is 14.4 Å². The van der Waals surface area contributed by atoms with Gasteiger partial charge in [0.15, 0.2) is 5.69 Å². The Morgan fingerprint density at radius 1 is 1.11 bits per heavy atom. The minimum atomic E-state index is -1.14. The second kappa shape index (κ2) is 10.5. The molecular weight excluding hydrogens is 506 g/mol. The normalized spacial score (nSPS) is 18.6. The highest BCUT2D eigenvalue weighted by Crippen LogP contribution is 2.39. The maximum atomic E-state index is 13.8. The van der Waals surface area contributed by atoms with Crippen molar-refractivity contribution in [3.63, 3.8) is 0 Å². The average molecular weight is 536 g/mol. The molecule has 38 heavy (non-hydrogen) atoms. The van der Waals surface area contributed by atoms with E-state index in [2.05, 4.69) is 15.6 Å². The Balaban J connectivity index is 1.33. The van der Waals surface area contributed by atoms with Gasteiger partial charge < -0.3 is 24.8 Å². The van der Waals surface area contributed by atoms with Gasteiger partial charge in [-0.2, -0.15) is 0 Å². The molecule has 0 saturated heterocycles. The number of carbonyl (C=O) groups excluding carboxylic acids is 3. The molecule has 1 aromatic heterocycles. The van der Waals surface area contributed by atoms with Crippen LogP contribution in [0, 0.1) is 0 Å². The minimum absolute atomic E-state index is 0.0537. The van der Waals surface area contributed by atoms with E-state index >= 15 is 0 Å². The fourth-order valence-electron chi connectivity index (χ4n) is 4.87. The number of benzene rings is 2. The van der Waals surface area contributed by atoms with Crippen molar-refractivity contribution in [3.8, 4) is 5.75 Å². The number of ether oxygens (including phenoxy) is 1. The summed E-state index contributed by atoms with van der Waals surface area (Å²) in [4.78, 5) is 46.3. The predicted molar refractivity (Wildman–Crippen MR) is 142 cm³/mol. The lowest BCUT2D eigenvalue weighted by atomic mass is 9.93. The number of amides is 3. The zero-order chi connectivity index (χ0) is 26.9. The van der Waals surface area contributed by atoms with Crippen LogP contribution in [0.5, 0.6) is 5.75 Å². The molecule has 0 spiro atoms. The van der Waals surface area contributed by atoms with E-state index in [4.69, 9.17) is 16.3 Å². The van der Waals surface area contributed by atoms with Crippen LogP contribution in [0.25, 0.3) is 0 Å². The maximum Gasteiger partial charge on any atom is 0.274 e. The van der Waals surface area contributed by atoms with Crippen LogP contribution in [-0.4, -0.2) is 50.4 Å². The van der Waals surface area contributed by atoms with Crippen LogP contribution >= 0.6 is 11.6 Å². The van der Waals surface area contributed by atoms with Gasteiger partial charge in [0.25, 0.3) is 11.8 Å². The average Bonchev–Trinajstić information content (AvgIpc) is 3.65. The molecule has 2 N–H and O–H groups in total. The maximum absolute atomic E-state index is 13.8. The van der Waals surface area contributed by atoms with E-state index in [9.17, 15) is 14.4 Å². The number of aromatic nitrogens is 2. The zero-order valence-corrected chi connectivity index (χ0v) is 22.1. The molecule has 1 aliphatic carbocycles. The minimum Gasteiger partial charge on any atom is -0.494 e. The van der Waals surface area contributed by atoms with Crippen molar-refractivity contribution in [2.24, 2.45) is 0 Å². The second-order valence-corrected chi connectivity index (χ2v) is 10.2. The summed E-state index contributed by atoms with van der Waals surface area (Å²) in [5, 5.41) is 6.37. The summed E-state index contributed by atoms with van der Waals surface area (Å²) >= 11 is 6.25. The molecule has 3 amide bonds. The molecule has 1 saturated carbocycles. The molecule has 9 nitrogen and oxygen atoms in total. The molecule has 1 atom stereocenters. The molecule has 1 fully saturated rings. The smallest absolute Gasteiger partial charge is 0.274 e. The van der Waals surface area contributed by atoms with E-state index in [1.807, 2.05) is 49.4 Å². The van der Waals surface area contributed by atoms with Gasteiger partial charge in [0.1, 0.15) is 17.0 Å². The van der Waals surface area contributed by atoms with Crippen molar-refractivity contribution in [1.82, 2.24) is 25.1 Å². The Hall–Kier alpha value is -3.85. The van der Waals surface area contributed by atoms with Crippen molar-refractivity contribution >= 4 is 29.3 Å². The van der Waals surface area contributed by atoms with Crippen molar-refractivity contribution < 1.29 is 19.1 Å². The molecule has 0 radical (unpaired) electrons. The van der Waals surface area contributed by atoms with Crippen LogP contribution < -0.4 is 15.4 Å². The Kier molecular flexibility index (Phi) is 7.12. The van der Waals surface area contributed by atoms with E-state index in [-0.39, 0.29) is 48.9 Å². The summed E-state index contributed by atoms with van der Waals surface area (Å²) < 4.78 is 7.07. The number of imidazole rings is 1. The monoisotopic (exact) mass is 535 g/mol. The topological polar surface area (TPSA) is 106 Å². The predicted octanol–water partition coefficient (Wildman–Crippen LogP) is 3.56. The second-order valence-electron chi connectivity index (χ2n) is 9.78. The van der Waals surface area contributed by atoms with Gasteiger partial charge >= 0.3 is 0 Å². The SMILES string of the molecule is CCOc1ccc(CNC(=O)c2ncn3c2C(=O)N(C2CC2)[C@](C)(C(=O)NCc2ccccc2Cl)C3)cc1. The first kappa shape index (κ1) is 25.8. The van der Waals surface area contributed by atoms with Crippen LogP contribution in [0.15, 0.2) is 54.9 Å². The number of fused-ring (bicyclic) bond motifs is 1. The molecule has 198 valence electrons. The van der Waals surface area contributed by atoms with Gasteiger partial charge in [0.05, 0.1) is 19.5 Å². The summed E-state index contributed by atoms with van der Waals surface area (Å²) in [6, 6.07) is 14.7. The molecule has 3 aromatic rings. The Labute approximate surface area is 226 Å². The number of halogens is 1. The van der Waals surface area contributed by atoms with Crippen LogP contribution in [-0.2, 0) is 24.4 Å². The third-order valence-electron chi connectivity index (χ3n) is 6.97. The van der Waals surface area contributed by atoms with Crippen LogP contribution in [0.4, 0.5) is 0 Å². The summed E-state index contributed by atoms with van der Waals surface area (Å²) in [5.41, 5.74) is 0.815.